The highest BCUT2D eigenvalue weighted by molar-refractivity contribution is 5.32. The zero-order chi connectivity index (χ0) is 14.5. The lowest BCUT2D eigenvalue weighted by Crippen LogP contribution is -2.30. The number of nitrogens with two attached hydrogens (primary N) is 1. The molecule has 0 spiro atoms. The van der Waals surface area contributed by atoms with Crippen molar-refractivity contribution >= 4 is 0 Å². The predicted octanol–water partition coefficient (Wildman–Crippen LogP) is 3.01. The highest BCUT2D eigenvalue weighted by Gasteiger charge is 2.14. The molecular weight excluding hydrogens is 246 g/mol. The number of nitrogens with zero attached hydrogens (tertiary/aromatic N) is 1. The molecule has 1 atom stereocenters. The average molecular weight is 269 g/mol. The normalized spacial score (nSPS) is 12.4. The number of pyridine rings is 1. The molecule has 0 aliphatic rings. The summed E-state index contributed by atoms with van der Waals surface area (Å²) < 4.78 is 0. The van der Waals surface area contributed by atoms with Crippen LogP contribution in [0.2, 0.25) is 0 Å². The molecule has 0 saturated heterocycles. The number of aryl methyl sites for hydroxylation is 3. The van der Waals surface area contributed by atoms with Gasteiger partial charge in [-0.1, -0.05) is 36.2 Å². The van der Waals surface area contributed by atoms with Crippen LogP contribution in [0.15, 0.2) is 36.7 Å². The fraction of sp³-hybridized carbons (Fsp3) is 0.353. The van der Waals surface area contributed by atoms with Gasteiger partial charge in [0, 0.05) is 12.4 Å². The van der Waals surface area contributed by atoms with E-state index in [0.29, 0.717) is 0 Å². The summed E-state index contributed by atoms with van der Waals surface area (Å²) in [5.74, 6) is 5.78. The maximum Gasteiger partial charge on any atom is 0.0504 e. The van der Waals surface area contributed by atoms with E-state index in [0.717, 1.165) is 12.8 Å². The van der Waals surface area contributed by atoms with E-state index >= 15 is 0 Å². The van der Waals surface area contributed by atoms with Gasteiger partial charge in [-0.05, 0) is 49.4 Å². The SMILES string of the molecule is CCc1cnccc1C(Cc1cc(C)cc(C)c1)NN. The fourth-order valence-corrected chi connectivity index (χ4v) is 2.75. The summed E-state index contributed by atoms with van der Waals surface area (Å²) in [6, 6.07) is 8.83. The van der Waals surface area contributed by atoms with E-state index in [1.165, 1.54) is 27.8 Å². The Morgan fingerprint density at radius 3 is 2.50 bits per heavy atom. The maximum absolute atomic E-state index is 5.78. The number of hydrazine groups is 1. The summed E-state index contributed by atoms with van der Waals surface area (Å²) >= 11 is 0. The lowest BCUT2D eigenvalue weighted by atomic mass is 9.94. The van der Waals surface area contributed by atoms with Crippen LogP contribution in [-0.2, 0) is 12.8 Å². The van der Waals surface area contributed by atoms with E-state index in [1.807, 2.05) is 12.4 Å². The second-order valence-electron chi connectivity index (χ2n) is 5.35. The van der Waals surface area contributed by atoms with Crippen LogP contribution in [-0.4, -0.2) is 4.98 Å². The molecule has 3 nitrogen and oxygen atoms in total. The van der Waals surface area contributed by atoms with Crippen LogP contribution < -0.4 is 11.3 Å². The van der Waals surface area contributed by atoms with Gasteiger partial charge in [-0.25, -0.2) is 0 Å². The molecule has 1 aromatic heterocycles. The second-order valence-corrected chi connectivity index (χ2v) is 5.35. The van der Waals surface area contributed by atoms with Gasteiger partial charge in [0.15, 0.2) is 0 Å². The van der Waals surface area contributed by atoms with E-state index in [1.54, 1.807) is 0 Å². The van der Waals surface area contributed by atoms with E-state index in [2.05, 4.69) is 55.4 Å². The second kappa shape index (κ2) is 6.64. The molecule has 0 bridgehead atoms. The highest BCUT2D eigenvalue weighted by atomic mass is 15.2. The van der Waals surface area contributed by atoms with Crippen molar-refractivity contribution in [3.8, 4) is 0 Å². The van der Waals surface area contributed by atoms with Crippen LogP contribution in [0.3, 0.4) is 0 Å². The molecule has 20 heavy (non-hydrogen) atoms. The third-order valence-corrected chi connectivity index (χ3v) is 3.62. The molecular formula is C17H23N3. The number of aromatic nitrogens is 1. The van der Waals surface area contributed by atoms with E-state index in [-0.39, 0.29) is 6.04 Å². The minimum Gasteiger partial charge on any atom is -0.271 e. The van der Waals surface area contributed by atoms with Crippen LogP contribution in [0.5, 0.6) is 0 Å². The Morgan fingerprint density at radius 2 is 1.90 bits per heavy atom. The molecule has 1 aromatic carbocycles. The van der Waals surface area contributed by atoms with Crippen LogP contribution >= 0.6 is 0 Å². The standard InChI is InChI=1S/C17H23N3/c1-4-15-11-19-6-5-16(15)17(20-18)10-14-8-12(2)7-13(3)9-14/h5-9,11,17,20H,4,10,18H2,1-3H3. The average Bonchev–Trinajstić information content (AvgIpc) is 2.43. The molecule has 1 heterocycles. The van der Waals surface area contributed by atoms with E-state index in [9.17, 15) is 0 Å². The number of nitrogens with one attached hydrogen (secondary N) is 1. The molecule has 0 radical (unpaired) electrons. The minimum absolute atomic E-state index is 0.120. The Labute approximate surface area is 121 Å². The molecule has 1 unspecified atom stereocenters. The molecule has 0 aliphatic heterocycles. The molecule has 2 aromatic rings. The molecule has 0 amide bonds. The maximum atomic E-state index is 5.78. The molecule has 0 fully saturated rings. The van der Waals surface area contributed by atoms with Crippen molar-refractivity contribution in [2.75, 3.05) is 0 Å². The summed E-state index contributed by atoms with van der Waals surface area (Å²) in [4.78, 5) is 4.20. The first-order valence-corrected chi connectivity index (χ1v) is 7.10. The van der Waals surface area contributed by atoms with Crippen molar-refractivity contribution in [1.29, 1.82) is 0 Å². The molecule has 106 valence electrons. The van der Waals surface area contributed by atoms with Gasteiger partial charge in [-0.2, -0.15) is 0 Å². The van der Waals surface area contributed by atoms with Crippen LogP contribution in [0.1, 0.15) is 40.8 Å². The Morgan fingerprint density at radius 1 is 1.20 bits per heavy atom. The minimum atomic E-state index is 0.120. The molecule has 0 saturated carbocycles. The van der Waals surface area contributed by atoms with Crippen molar-refractivity contribution in [1.82, 2.24) is 10.4 Å². The Kier molecular flexibility index (Phi) is 4.88. The summed E-state index contributed by atoms with van der Waals surface area (Å²) in [5.41, 5.74) is 9.34. The van der Waals surface area contributed by atoms with Gasteiger partial charge in [-0.15, -0.1) is 0 Å². The highest BCUT2D eigenvalue weighted by Crippen LogP contribution is 2.22. The molecule has 2 rings (SSSR count). The largest absolute Gasteiger partial charge is 0.271 e. The topological polar surface area (TPSA) is 50.9 Å². The predicted molar refractivity (Wildman–Crippen MR) is 83.3 cm³/mol. The van der Waals surface area contributed by atoms with E-state index in [4.69, 9.17) is 5.84 Å². The zero-order valence-corrected chi connectivity index (χ0v) is 12.5. The van der Waals surface area contributed by atoms with E-state index < -0.39 is 0 Å². The van der Waals surface area contributed by atoms with Gasteiger partial charge in [0.2, 0.25) is 0 Å². The van der Waals surface area contributed by atoms with Crippen molar-refractivity contribution < 1.29 is 0 Å². The Balaban J connectivity index is 2.28. The summed E-state index contributed by atoms with van der Waals surface area (Å²) in [5, 5.41) is 0. The van der Waals surface area contributed by atoms with Gasteiger partial charge in [0.1, 0.15) is 0 Å². The van der Waals surface area contributed by atoms with Gasteiger partial charge >= 0.3 is 0 Å². The molecule has 3 N–H and O–H groups in total. The third kappa shape index (κ3) is 3.44. The van der Waals surface area contributed by atoms with Crippen LogP contribution in [0.4, 0.5) is 0 Å². The van der Waals surface area contributed by atoms with Crippen molar-refractivity contribution in [2.45, 2.75) is 39.7 Å². The number of benzene rings is 1. The van der Waals surface area contributed by atoms with Crippen molar-refractivity contribution in [2.24, 2.45) is 5.84 Å². The first-order chi connectivity index (χ1) is 9.63. The van der Waals surface area contributed by atoms with Crippen LogP contribution in [0.25, 0.3) is 0 Å². The fourth-order valence-electron chi connectivity index (χ4n) is 2.75. The summed E-state index contributed by atoms with van der Waals surface area (Å²) in [7, 11) is 0. The summed E-state index contributed by atoms with van der Waals surface area (Å²) in [6.45, 7) is 6.40. The summed E-state index contributed by atoms with van der Waals surface area (Å²) in [6.07, 6.45) is 5.62. The van der Waals surface area contributed by atoms with Gasteiger partial charge < -0.3 is 0 Å². The lowest BCUT2D eigenvalue weighted by Gasteiger charge is -2.19. The first kappa shape index (κ1) is 14.7. The lowest BCUT2D eigenvalue weighted by molar-refractivity contribution is 0.547. The van der Waals surface area contributed by atoms with Gasteiger partial charge in [-0.3, -0.25) is 16.3 Å². The smallest absolute Gasteiger partial charge is 0.0504 e. The zero-order valence-electron chi connectivity index (χ0n) is 12.5. The van der Waals surface area contributed by atoms with Crippen LogP contribution in [0, 0.1) is 13.8 Å². The Bertz CT molecular complexity index is 558. The molecule has 3 heteroatoms. The number of rotatable bonds is 5. The van der Waals surface area contributed by atoms with Gasteiger partial charge in [0.05, 0.1) is 6.04 Å². The molecule has 0 aliphatic carbocycles. The Hall–Kier alpha value is -1.71. The first-order valence-electron chi connectivity index (χ1n) is 7.10. The third-order valence-electron chi connectivity index (χ3n) is 3.62. The van der Waals surface area contributed by atoms with Crippen molar-refractivity contribution in [3.05, 3.63) is 64.5 Å². The van der Waals surface area contributed by atoms with Crippen molar-refractivity contribution in [3.63, 3.8) is 0 Å². The monoisotopic (exact) mass is 269 g/mol. The number of hydrogen-bond donors (Lipinski definition) is 2. The van der Waals surface area contributed by atoms with Gasteiger partial charge in [0.25, 0.3) is 0 Å². The number of hydrogen-bond acceptors (Lipinski definition) is 3. The quantitative estimate of drug-likeness (QED) is 0.648.